The molecule has 1 fully saturated rings. The zero-order chi connectivity index (χ0) is 13.8. The fourth-order valence-electron chi connectivity index (χ4n) is 2.92. The molecule has 0 aliphatic heterocycles. The molecule has 1 rings (SSSR count). The average Bonchev–Trinajstić information content (AvgIpc) is 2.54. The standard InChI is InChI=1S/C16H31NO/c1-6-7-8-11-17(13(2)3)12-14-9-10-16(4,5)15(14)18/h13-14H,6-12H2,1-5H3. The number of carbonyl (C=O) groups is 1. The first kappa shape index (κ1) is 15.7. The van der Waals surface area contributed by atoms with Crippen LogP contribution in [-0.4, -0.2) is 29.8 Å². The summed E-state index contributed by atoms with van der Waals surface area (Å²) in [4.78, 5) is 14.8. The van der Waals surface area contributed by atoms with Gasteiger partial charge < -0.3 is 4.90 Å². The van der Waals surface area contributed by atoms with E-state index < -0.39 is 0 Å². The molecule has 106 valence electrons. The van der Waals surface area contributed by atoms with Gasteiger partial charge in [0.05, 0.1) is 0 Å². The van der Waals surface area contributed by atoms with Gasteiger partial charge in [0.2, 0.25) is 0 Å². The normalized spacial score (nSPS) is 23.3. The van der Waals surface area contributed by atoms with E-state index in [0.717, 1.165) is 25.9 Å². The van der Waals surface area contributed by atoms with Crippen LogP contribution in [-0.2, 0) is 4.79 Å². The van der Waals surface area contributed by atoms with Crippen LogP contribution in [0, 0.1) is 11.3 Å². The molecular formula is C16H31NO. The zero-order valence-electron chi connectivity index (χ0n) is 13.0. The smallest absolute Gasteiger partial charge is 0.142 e. The Bertz CT molecular complexity index is 270. The van der Waals surface area contributed by atoms with Crippen molar-refractivity contribution in [2.24, 2.45) is 11.3 Å². The molecule has 2 nitrogen and oxygen atoms in total. The van der Waals surface area contributed by atoms with E-state index in [4.69, 9.17) is 0 Å². The van der Waals surface area contributed by atoms with E-state index in [1.54, 1.807) is 0 Å². The highest BCUT2D eigenvalue weighted by Gasteiger charge is 2.40. The van der Waals surface area contributed by atoms with Crippen LogP contribution in [0.2, 0.25) is 0 Å². The quantitative estimate of drug-likeness (QED) is 0.642. The molecule has 0 saturated heterocycles. The molecule has 0 radical (unpaired) electrons. The molecule has 0 heterocycles. The molecule has 18 heavy (non-hydrogen) atoms. The van der Waals surface area contributed by atoms with Gasteiger partial charge in [0.25, 0.3) is 0 Å². The third kappa shape index (κ3) is 4.08. The highest BCUT2D eigenvalue weighted by molar-refractivity contribution is 5.88. The molecule has 0 aromatic heterocycles. The van der Waals surface area contributed by atoms with Crippen molar-refractivity contribution < 1.29 is 4.79 Å². The van der Waals surface area contributed by atoms with Gasteiger partial charge in [0, 0.05) is 23.9 Å². The van der Waals surface area contributed by atoms with Crippen molar-refractivity contribution >= 4 is 5.78 Å². The van der Waals surface area contributed by atoms with Crippen molar-refractivity contribution in [2.75, 3.05) is 13.1 Å². The predicted octanol–water partition coefficient (Wildman–Crippen LogP) is 3.89. The summed E-state index contributed by atoms with van der Waals surface area (Å²) in [5.41, 5.74) is -0.0727. The molecule has 1 aliphatic carbocycles. The number of carbonyl (C=O) groups excluding carboxylic acids is 1. The first-order chi connectivity index (χ1) is 8.38. The van der Waals surface area contributed by atoms with E-state index in [0.29, 0.717) is 11.8 Å². The molecule has 1 saturated carbocycles. The molecule has 1 unspecified atom stereocenters. The Hall–Kier alpha value is -0.370. The van der Waals surface area contributed by atoms with Crippen LogP contribution in [0.15, 0.2) is 0 Å². The van der Waals surface area contributed by atoms with Crippen molar-refractivity contribution in [3.63, 3.8) is 0 Å². The number of nitrogens with zero attached hydrogens (tertiary/aromatic N) is 1. The lowest BCUT2D eigenvalue weighted by atomic mass is 9.89. The molecule has 2 heteroatoms. The van der Waals surface area contributed by atoms with Gasteiger partial charge in [-0.05, 0) is 39.7 Å². The van der Waals surface area contributed by atoms with Gasteiger partial charge >= 0.3 is 0 Å². The van der Waals surface area contributed by atoms with E-state index in [2.05, 4.69) is 39.5 Å². The van der Waals surface area contributed by atoms with Gasteiger partial charge in [-0.25, -0.2) is 0 Å². The number of unbranched alkanes of at least 4 members (excludes halogenated alkanes) is 2. The molecule has 0 bridgehead atoms. The van der Waals surface area contributed by atoms with Crippen LogP contribution >= 0.6 is 0 Å². The van der Waals surface area contributed by atoms with Gasteiger partial charge in [-0.1, -0.05) is 33.6 Å². The van der Waals surface area contributed by atoms with Gasteiger partial charge in [0.1, 0.15) is 5.78 Å². The zero-order valence-corrected chi connectivity index (χ0v) is 13.0. The van der Waals surface area contributed by atoms with E-state index in [1.165, 1.54) is 19.3 Å². The van der Waals surface area contributed by atoms with Crippen molar-refractivity contribution in [1.29, 1.82) is 0 Å². The van der Waals surface area contributed by atoms with Crippen LogP contribution in [0.25, 0.3) is 0 Å². The number of ketones is 1. The Labute approximate surface area is 113 Å². The summed E-state index contributed by atoms with van der Waals surface area (Å²) in [7, 11) is 0. The summed E-state index contributed by atoms with van der Waals surface area (Å²) in [6.45, 7) is 13.1. The second kappa shape index (κ2) is 6.70. The maximum absolute atomic E-state index is 12.3. The van der Waals surface area contributed by atoms with Crippen LogP contribution in [0.4, 0.5) is 0 Å². The van der Waals surface area contributed by atoms with Crippen molar-refractivity contribution in [3.8, 4) is 0 Å². The minimum absolute atomic E-state index is 0.0727. The number of hydrogen-bond donors (Lipinski definition) is 0. The Morgan fingerprint density at radius 2 is 2.00 bits per heavy atom. The minimum atomic E-state index is -0.0727. The second-order valence-electron chi connectivity index (χ2n) is 6.78. The van der Waals surface area contributed by atoms with Crippen molar-refractivity contribution in [2.45, 2.75) is 72.8 Å². The number of hydrogen-bond acceptors (Lipinski definition) is 2. The molecule has 0 aromatic rings. The fraction of sp³-hybridized carbons (Fsp3) is 0.938. The Kier molecular flexibility index (Phi) is 5.84. The maximum atomic E-state index is 12.3. The highest BCUT2D eigenvalue weighted by Crippen LogP contribution is 2.38. The molecule has 0 amide bonds. The largest absolute Gasteiger partial charge is 0.300 e. The number of rotatable bonds is 7. The lowest BCUT2D eigenvalue weighted by Gasteiger charge is -2.29. The lowest BCUT2D eigenvalue weighted by molar-refractivity contribution is -0.128. The van der Waals surface area contributed by atoms with Crippen LogP contribution in [0.1, 0.15) is 66.7 Å². The molecule has 0 spiro atoms. The van der Waals surface area contributed by atoms with E-state index >= 15 is 0 Å². The monoisotopic (exact) mass is 253 g/mol. The highest BCUT2D eigenvalue weighted by atomic mass is 16.1. The van der Waals surface area contributed by atoms with E-state index in [9.17, 15) is 4.79 Å². The average molecular weight is 253 g/mol. The SMILES string of the molecule is CCCCCN(CC1CCC(C)(C)C1=O)C(C)C. The van der Waals surface area contributed by atoms with Gasteiger partial charge in [0.15, 0.2) is 0 Å². The predicted molar refractivity (Wildman–Crippen MR) is 77.7 cm³/mol. The Morgan fingerprint density at radius 1 is 1.33 bits per heavy atom. The maximum Gasteiger partial charge on any atom is 0.142 e. The summed E-state index contributed by atoms with van der Waals surface area (Å²) in [6, 6.07) is 0.554. The van der Waals surface area contributed by atoms with Gasteiger partial charge in [-0.2, -0.15) is 0 Å². The summed E-state index contributed by atoms with van der Waals surface area (Å²) < 4.78 is 0. The third-order valence-electron chi connectivity index (χ3n) is 4.39. The molecule has 0 aromatic carbocycles. The summed E-state index contributed by atoms with van der Waals surface area (Å²) in [5, 5.41) is 0. The first-order valence-corrected chi connectivity index (χ1v) is 7.67. The van der Waals surface area contributed by atoms with Crippen LogP contribution in [0.3, 0.4) is 0 Å². The molecule has 1 atom stereocenters. The van der Waals surface area contributed by atoms with Crippen LogP contribution < -0.4 is 0 Å². The van der Waals surface area contributed by atoms with Crippen LogP contribution in [0.5, 0.6) is 0 Å². The Balaban J connectivity index is 2.49. The van der Waals surface area contributed by atoms with Gasteiger partial charge in [-0.15, -0.1) is 0 Å². The minimum Gasteiger partial charge on any atom is -0.300 e. The summed E-state index contributed by atoms with van der Waals surface area (Å²) in [5.74, 6) is 0.771. The fourth-order valence-corrected chi connectivity index (χ4v) is 2.92. The van der Waals surface area contributed by atoms with E-state index in [1.807, 2.05) is 0 Å². The van der Waals surface area contributed by atoms with Crippen molar-refractivity contribution in [3.05, 3.63) is 0 Å². The first-order valence-electron chi connectivity index (χ1n) is 7.67. The second-order valence-corrected chi connectivity index (χ2v) is 6.78. The Morgan fingerprint density at radius 3 is 2.44 bits per heavy atom. The number of Topliss-reactive ketones (excluding diaryl/α,β-unsaturated/α-hetero) is 1. The molecular weight excluding hydrogens is 222 g/mol. The summed E-state index contributed by atoms with van der Waals surface area (Å²) in [6.07, 6.45) is 5.98. The third-order valence-corrected chi connectivity index (χ3v) is 4.39. The van der Waals surface area contributed by atoms with Crippen molar-refractivity contribution in [1.82, 2.24) is 4.90 Å². The summed E-state index contributed by atoms with van der Waals surface area (Å²) >= 11 is 0. The molecule has 1 aliphatic rings. The van der Waals surface area contributed by atoms with Gasteiger partial charge in [-0.3, -0.25) is 4.79 Å². The van der Waals surface area contributed by atoms with E-state index in [-0.39, 0.29) is 11.3 Å². The lowest BCUT2D eigenvalue weighted by Crippen LogP contribution is -2.38. The molecule has 0 N–H and O–H groups in total. The topological polar surface area (TPSA) is 20.3 Å².